The van der Waals surface area contributed by atoms with Gasteiger partial charge >= 0.3 is 6.18 Å². The Kier molecular flexibility index (Phi) is 7.95. The highest BCUT2D eigenvalue weighted by Gasteiger charge is 2.36. The molecule has 2 heterocycles. The maximum absolute atomic E-state index is 13.1. The lowest BCUT2D eigenvalue weighted by Crippen LogP contribution is -2.37. The third kappa shape index (κ3) is 6.99. The van der Waals surface area contributed by atoms with E-state index in [1.165, 1.54) is 42.8 Å². The van der Waals surface area contributed by atoms with E-state index in [1.54, 1.807) is 0 Å². The van der Waals surface area contributed by atoms with Crippen LogP contribution in [0.25, 0.3) is 0 Å². The highest BCUT2D eigenvalue weighted by atomic mass is 19.4. The van der Waals surface area contributed by atoms with Crippen molar-refractivity contribution >= 4 is 5.96 Å². The van der Waals surface area contributed by atoms with Crippen molar-refractivity contribution in [3.8, 4) is 0 Å². The van der Waals surface area contributed by atoms with Gasteiger partial charge in [0.15, 0.2) is 11.7 Å². The molecule has 170 valence electrons. The largest absolute Gasteiger partial charge is 0.435 e. The SMILES string of the molecule is CCNC(=NCc1ccc(CN2CCCCC2)cc1)NCc1cn(C)nc1C(F)(F)F. The molecule has 0 atom stereocenters. The van der Waals surface area contributed by atoms with Crippen LogP contribution in [0.2, 0.25) is 0 Å². The molecule has 9 heteroatoms. The van der Waals surface area contributed by atoms with Crippen molar-refractivity contribution in [2.45, 2.75) is 52.0 Å². The number of hydrogen-bond donors (Lipinski definition) is 2. The lowest BCUT2D eigenvalue weighted by atomic mass is 10.1. The quantitative estimate of drug-likeness (QED) is 0.514. The molecule has 0 saturated carbocycles. The average molecular weight is 437 g/mol. The lowest BCUT2D eigenvalue weighted by molar-refractivity contribution is -0.142. The van der Waals surface area contributed by atoms with Gasteiger partial charge in [-0.15, -0.1) is 0 Å². The standard InChI is InChI=1S/C22H31F3N6/c1-3-26-21(28-14-19-16-30(2)29-20(19)22(23,24)25)27-13-17-7-9-18(10-8-17)15-31-11-5-4-6-12-31/h7-10,16H,3-6,11-15H2,1-2H3,(H2,26,27,28). The number of alkyl halides is 3. The van der Waals surface area contributed by atoms with Crippen LogP contribution in [0.15, 0.2) is 35.5 Å². The highest BCUT2D eigenvalue weighted by molar-refractivity contribution is 5.79. The molecule has 1 aliphatic rings. The summed E-state index contributed by atoms with van der Waals surface area (Å²) in [4.78, 5) is 7.00. The molecule has 1 saturated heterocycles. The molecule has 0 aliphatic carbocycles. The lowest BCUT2D eigenvalue weighted by Gasteiger charge is -2.26. The van der Waals surface area contributed by atoms with Crippen molar-refractivity contribution in [2.24, 2.45) is 12.0 Å². The van der Waals surface area contributed by atoms with Crippen LogP contribution in [-0.2, 0) is 32.9 Å². The van der Waals surface area contributed by atoms with Gasteiger partial charge in [-0.1, -0.05) is 30.7 Å². The van der Waals surface area contributed by atoms with Crippen LogP contribution in [0.5, 0.6) is 0 Å². The second-order valence-electron chi connectivity index (χ2n) is 7.88. The van der Waals surface area contributed by atoms with Gasteiger partial charge in [0.05, 0.1) is 6.54 Å². The van der Waals surface area contributed by atoms with Crippen molar-refractivity contribution in [3.63, 3.8) is 0 Å². The normalized spacial score (nSPS) is 15.8. The summed E-state index contributed by atoms with van der Waals surface area (Å²) in [5, 5.41) is 9.59. The number of nitrogens with one attached hydrogen (secondary N) is 2. The zero-order chi connectivity index (χ0) is 22.3. The van der Waals surface area contributed by atoms with E-state index >= 15 is 0 Å². The van der Waals surface area contributed by atoms with Gasteiger partial charge in [0.1, 0.15) is 0 Å². The molecular formula is C22H31F3N6. The first-order valence-electron chi connectivity index (χ1n) is 10.8. The predicted molar refractivity (Wildman–Crippen MR) is 115 cm³/mol. The Morgan fingerprint density at radius 1 is 1.06 bits per heavy atom. The topological polar surface area (TPSA) is 57.5 Å². The monoisotopic (exact) mass is 436 g/mol. The first-order chi connectivity index (χ1) is 14.8. The molecule has 1 fully saturated rings. The van der Waals surface area contributed by atoms with Gasteiger partial charge in [-0.3, -0.25) is 9.58 Å². The van der Waals surface area contributed by atoms with Crippen molar-refractivity contribution < 1.29 is 13.2 Å². The van der Waals surface area contributed by atoms with Crippen LogP contribution in [-0.4, -0.2) is 40.3 Å². The number of likely N-dealkylation sites (tertiary alicyclic amines) is 1. The van der Waals surface area contributed by atoms with Gasteiger partial charge in [0, 0.05) is 38.4 Å². The fourth-order valence-electron chi connectivity index (χ4n) is 3.72. The van der Waals surface area contributed by atoms with E-state index in [9.17, 15) is 13.2 Å². The predicted octanol–water partition coefficient (Wildman–Crippen LogP) is 3.68. The number of nitrogens with zero attached hydrogens (tertiary/aromatic N) is 4. The minimum atomic E-state index is -4.48. The molecule has 0 amide bonds. The molecule has 2 N–H and O–H groups in total. The Hall–Kier alpha value is -2.55. The molecule has 0 bridgehead atoms. The highest BCUT2D eigenvalue weighted by Crippen LogP contribution is 2.30. The third-order valence-corrected chi connectivity index (χ3v) is 5.26. The Morgan fingerprint density at radius 3 is 2.39 bits per heavy atom. The van der Waals surface area contributed by atoms with E-state index in [2.05, 4.69) is 49.9 Å². The average Bonchev–Trinajstić information content (AvgIpc) is 3.13. The van der Waals surface area contributed by atoms with Crippen LogP contribution in [0, 0.1) is 0 Å². The zero-order valence-electron chi connectivity index (χ0n) is 18.2. The fraction of sp³-hybridized carbons (Fsp3) is 0.545. The van der Waals surface area contributed by atoms with E-state index in [-0.39, 0.29) is 12.1 Å². The Bertz CT molecular complexity index is 851. The van der Waals surface area contributed by atoms with Crippen molar-refractivity contribution in [2.75, 3.05) is 19.6 Å². The summed E-state index contributed by atoms with van der Waals surface area (Å²) in [6.07, 6.45) is 0.769. The molecule has 0 spiro atoms. The maximum atomic E-state index is 13.1. The van der Waals surface area contributed by atoms with Crippen molar-refractivity contribution in [1.29, 1.82) is 0 Å². The summed E-state index contributed by atoms with van der Waals surface area (Å²) >= 11 is 0. The van der Waals surface area contributed by atoms with Crippen molar-refractivity contribution in [3.05, 3.63) is 52.8 Å². The molecule has 1 aromatic carbocycles. The molecule has 1 aliphatic heterocycles. The van der Waals surface area contributed by atoms with Crippen LogP contribution in [0.4, 0.5) is 13.2 Å². The van der Waals surface area contributed by atoms with Crippen LogP contribution < -0.4 is 10.6 Å². The zero-order valence-corrected chi connectivity index (χ0v) is 18.2. The number of benzene rings is 1. The molecular weight excluding hydrogens is 405 g/mol. The number of hydrogen-bond acceptors (Lipinski definition) is 3. The van der Waals surface area contributed by atoms with E-state index in [4.69, 9.17) is 0 Å². The van der Waals surface area contributed by atoms with E-state index in [0.717, 1.165) is 25.2 Å². The van der Waals surface area contributed by atoms with Gasteiger partial charge in [-0.2, -0.15) is 18.3 Å². The molecule has 0 unspecified atom stereocenters. The van der Waals surface area contributed by atoms with Gasteiger partial charge in [0.25, 0.3) is 0 Å². The first kappa shape index (κ1) is 23.1. The number of rotatable bonds is 7. The van der Waals surface area contributed by atoms with Crippen LogP contribution in [0.3, 0.4) is 0 Å². The minimum Gasteiger partial charge on any atom is -0.357 e. The summed E-state index contributed by atoms with van der Waals surface area (Å²) in [6.45, 7) is 6.26. The number of aryl methyl sites for hydroxylation is 1. The molecule has 2 aromatic rings. The number of piperidine rings is 1. The van der Waals surface area contributed by atoms with Crippen LogP contribution >= 0.6 is 0 Å². The van der Waals surface area contributed by atoms with Gasteiger partial charge < -0.3 is 10.6 Å². The summed E-state index contributed by atoms with van der Waals surface area (Å²) in [7, 11) is 1.48. The maximum Gasteiger partial charge on any atom is 0.435 e. The van der Waals surface area contributed by atoms with E-state index in [1.807, 2.05) is 6.92 Å². The number of guanidine groups is 1. The summed E-state index contributed by atoms with van der Waals surface area (Å²) in [5.41, 5.74) is 1.55. The molecule has 3 rings (SSSR count). The number of aliphatic imine (C=N–C) groups is 1. The third-order valence-electron chi connectivity index (χ3n) is 5.26. The molecule has 31 heavy (non-hydrogen) atoms. The van der Waals surface area contributed by atoms with E-state index < -0.39 is 11.9 Å². The summed E-state index contributed by atoms with van der Waals surface area (Å²) in [6, 6.07) is 8.39. The Morgan fingerprint density at radius 2 is 1.74 bits per heavy atom. The van der Waals surface area contributed by atoms with Gasteiger partial charge in [0.2, 0.25) is 0 Å². The Balaban J connectivity index is 1.58. The summed E-state index contributed by atoms with van der Waals surface area (Å²) < 4.78 is 40.6. The smallest absolute Gasteiger partial charge is 0.357 e. The summed E-state index contributed by atoms with van der Waals surface area (Å²) in [5.74, 6) is 0.469. The number of halogens is 3. The Labute approximate surface area is 181 Å². The molecule has 0 radical (unpaired) electrons. The fourth-order valence-corrected chi connectivity index (χ4v) is 3.72. The van der Waals surface area contributed by atoms with Gasteiger partial charge in [-0.25, -0.2) is 4.99 Å². The second kappa shape index (κ2) is 10.7. The van der Waals surface area contributed by atoms with Crippen LogP contribution in [0.1, 0.15) is 48.6 Å². The second-order valence-corrected chi connectivity index (χ2v) is 7.88. The molecule has 1 aromatic heterocycles. The first-order valence-corrected chi connectivity index (χ1v) is 10.8. The number of aromatic nitrogens is 2. The molecule has 6 nitrogen and oxygen atoms in total. The van der Waals surface area contributed by atoms with Gasteiger partial charge in [-0.05, 0) is 44.0 Å². The van der Waals surface area contributed by atoms with Crippen molar-refractivity contribution in [1.82, 2.24) is 25.3 Å². The van der Waals surface area contributed by atoms with E-state index in [0.29, 0.717) is 19.0 Å². The minimum absolute atomic E-state index is 0.0106.